The predicted octanol–water partition coefficient (Wildman–Crippen LogP) is 3.63. The molecule has 0 bridgehead atoms. The van der Waals surface area contributed by atoms with Crippen molar-refractivity contribution in [1.82, 2.24) is 0 Å². The molecule has 0 aliphatic carbocycles. The SMILES string of the molecule is OC(CCCC1CCCO1)CSc1ccc(F)cc1. The van der Waals surface area contributed by atoms with Crippen LogP contribution in [-0.4, -0.2) is 29.7 Å². The van der Waals surface area contributed by atoms with Gasteiger partial charge in [-0.05, 0) is 56.4 Å². The smallest absolute Gasteiger partial charge is 0.123 e. The Morgan fingerprint density at radius 1 is 1.37 bits per heavy atom. The Kier molecular flexibility index (Phi) is 6.14. The highest BCUT2D eigenvalue weighted by Crippen LogP contribution is 2.22. The standard InChI is InChI=1S/C15H21FO2S/c16-12-6-8-15(9-7-12)19-11-13(17)3-1-4-14-5-2-10-18-14/h6-9,13-14,17H,1-5,10-11H2. The number of thioether (sulfide) groups is 1. The molecule has 1 N–H and O–H groups in total. The summed E-state index contributed by atoms with van der Waals surface area (Å²) in [6.07, 6.45) is 5.34. The van der Waals surface area contributed by atoms with Gasteiger partial charge in [-0.25, -0.2) is 4.39 Å². The minimum absolute atomic E-state index is 0.221. The summed E-state index contributed by atoms with van der Waals surface area (Å²) in [4.78, 5) is 1.000. The molecule has 19 heavy (non-hydrogen) atoms. The monoisotopic (exact) mass is 284 g/mol. The van der Waals surface area contributed by atoms with Crippen molar-refractivity contribution in [3.05, 3.63) is 30.1 Å². The van der Waals surface area contributed by atoms with Crippen LogP contribution in [0.3, 0.4) is 0 Å². The highest BCUT2D eigenvalue weighted by Gasteiger charge is 2.15. The Hall–Kier alpha value is -0.580. The molecule has 1 aliphatic rings. The first-order valence-electron chi connectivity index (χ1n) is 6.92. The van der Waals surface area contributed by atoms with Crippen molar-refractivity contribution in [2.75, 3.05) is 12.4 Å². The van der Waals surface area contributed by atoms with Crippen molar-refractivity contribution >= 4 is 11.8 Å². The molecule has 1 heterocycles. The first kappa shape index (κ1) is 14.8. The van der Waals surface area contributed by atoms with Crippen LogP contribution in [-0.2, 0) is 4.74 Å². The van der Waals surface area contributed by atoms with Gasteiger partial charge in [0, 0.05) is 17.3 Å². The number of hydrogen-bond donors (Lipinski definition) is 1. The summed E-state index contributed by atoms with van der Waals surface area (Å²) in [5.41, 5.74) is 0. The average Bonchev–Trinajstić information content (AvgIpc) is 2.91. The fourth-order valence-corrected chi connectivity index (χ4v) is 3.14. The summed E-state index contributed by atoms with van der Waals surface area (Å²) < 4.78 is 18.3. The van der Waals surface area contributed by atoms with E-state index in [-0.39, 0.29) is 11.9 Å². The van der Waals surface area contributed by atoms with Crippen LogP contribution in [0.2, 0.25) is 0 Å². The lowest BCUT2D eigenvalue weighted by atomic mass is 10.1. The van der Waals surface area contributed by atoms with E-state index in [4.69, 9.17) is 4.74 Å². The topological polar surface area (TPSA) is 29.5 Å². The summed E-state index contributed by atoms with van der Waals surface area (Å²) in [6.45, 7) is 0.896. The van der Waals surface area contributed by atoms with E-state index >= 15 is 0 Å². The molecule has 0 aromatic heterocycles. The molecule has 2 unspecified atom stereocenters. The van der Waals surface area contributed by atoms with Crippen LogP contribution >= 0.6 is 11.8 Å². The lowest BCUT2D eigenvalue weighted by molar-refractivity contribution is 0.0966. The number of halogens is 1. The van der Waals surface area contributed by atoms with E-state index in [0.29, 0.717) is 11.9 Å². The molecular formula is C15H21FO2S. The maximum Gasteiger partial charge on any atom is 0.123 e. The Labute approximate surface area is 118 Å². The summed E-state index contributed by atoms with van der Waals surface area (Å²) in [7, 11) is 0. The van der Waals surface area contributed by atoms with Gasteiger partial charge in [0.15, 0.2) is 0 Å². The fourth-order valence-electron chi connectivity index (χ4n) is 2.26. The van der Waals surface area contributed by atoms with Crippen molar-refractivity contribution in [3.63, 3.8) is 0 Å². The van der Waals surface area contributed by atoms with Crippen LogP contribution in [0.5, 0.6) is 0 Å². The summed E-state index contributed by atoms with van der Waals surface area (Å²) in [6, 6.07) is 6.40. The number of hydrogen-bond acceptors (Lipinski definition) is 3. The second-order valence-electron chi connectivity index (χ2n) is 4.98. The Bertz CT molecular complexity index is 363. The lowest BCUT2D eigenvalue weighted by Gasteiger charge is -2.12. The molecule has 0 amide bonds. The van der Waals surface area contributed by atoms with Gasteiger partial charge in [0.05, 0.1) is 12.2 Å². The molecule has 2 rings (SSSR count). The zero-order valence-corrected chi connectivity index (χ0v) is 11.9. The van der Waals surface area contributed by atoms with Gasteiger partial charge < -0.3 is 9.84 Å². The molecule has 106 valence electrons. The third kappa shape index (κ3) is 5.51. The Morgan fingerprint density at radius 3 is 2.84 bits per heavy atom. The lowest BCUT2D eigenvalue weighted by Crippen LogP contribution is -2.12. The van der Waals surface area contributed by atoms with Crippen molar-refractivity contribution in [3.8, 4) is 0 Å². The molecule has 1 aromatic carbocycles. The molecule has 2 nitrogen and oxygen atoms in total. The molecule has 0 spiro atoms. The minimum Gasteiger partial charge on any atom is -0.392 e. The van der Waals surface area contributed by atoms with Gasteiger partial charge >= 0.3 is 0 Å². The van der Waals surface area contributed by atoms with Crippen molar-refractivity contribution in [1.29, 1.82) is 0 Å². The Morgan fingerprint density at radius 2 is 2.16 bits per heavy atom. The average molecular weight is 284 g/mol. The fraction of sp³-hybridized carbons (Fsp3) is 0.600. The van der Waals surface area contributed by atoms with Crippen LogP contribution in [0.15, 0.2) is 29.2 Å². The van der Waals surface area contributed by atoms with Crippen LogP contribution in [0.1, 0.15) is 32.1 Å². The predicted molar refractivity (Wildman–Crippen MR) is 76.0 cm³/mol. The van der Waals surface area contributed by atoms with Gasteiger partial charge in [-0.1, -0.05) is 0 Å². The molecule has 2 atom stereocenters. The van der Waals surface area contributed by atoms with E-state index in [1.165, 1.54) is 25.0 Å². The second kappa shape index (κ2) is 7.88. The number of ether oxygens (including phenoxy) is 1. The summed E-state index contributed by atoms with van der Waals surface area (Å²) in [5, 5.41) is 9.90. The highest BCUT2D eigenvalue weighted by molar-refractivity contribution is 7.99. The highest BCUT2D eigenvalue weighted by atomic mass is 32.2. The van der Waals surface area contributed by atoms with Crippen molar-refractivity contribution in [2.45, 2.75) is 49.2 Å². The third-order valence-corrected chi connectivity index (χ3v) is 4.50. The van der Waals surface area contributed by atoms with Crippen LogP contribution < -0.4 is 0 Å². The first-order valence-corrected chi connectivity index (χ1v) is 7.90. The molecular weight excluding hydrogens is 263 g/mol. The zero-order valence-electron chi connectivity index (χ0n) is 11.1. The summed E-state index contributed by atoms with van der Waals surface area (Å²) in [5.74, 6) is 0.443. The maximum atomic E-state index is 12.7. The molecule has 1 saturated heterocycles. The number of aliphatic hydroxyl groups excluding tert-OH is 1. The van der Waals surface area contributed by atoms with Crippen molar-refractivity contribution in [2.24, 2.45) is 0 Å². The molecule has 4 heteroatoms. The van der Waals surface area contributed by atoms with Gasteiger partial charge in [0.2, 0.25) is 0 Å². The van der Waals surface area contributed by atoms with E-state index in [1.54, 1.807) is 23.9 Å². The largest absolute Gasteiger partial charge is 0.392 e. The number of benzene rings is 1. The van der Waals surface area contributed by atoms with Crippen LogP contribution in [0.4, 0.5) is 4.39 Å². The molecule has 1 aliphatic heterocycles. The van der Waals surface area contributed by atoms with Gasteiger partial charge in [0.1, 0.15) is 5.82 Å². The molecule has 0 radical (unpaired) electrons. The van der Waals surface area contributed by atoms with E-state index in [1.807, 2.05) is 0 Å². The minimum atomic E-state index is -0.295. The first-order chi connectivity index (χ1) is 9.24. The third-order valence-electron chi connectivity index (χ3n) is 3.34. The zero-order chi connectivity index (χ0) is 13.5. The summed E-state index contributed by atoms with van der Waals surface area (Å²) >= 11 is 1.57. The Balaban J connectivity index is 1.58. The van der Waals surface area contributed by atoms with E-state index in [2.05, 4.69) is 0 Å². The van der Waals surface area contributed by atoms with Crippen LogP contribution in [0.25, 0.3) is 0 Å². The molecule has 1 aromatic rings. The number of aliphatic hydroxyl groups is 1. The van der Waals surface area contributed by atoms with E-state index in [0.717, 1.165) is 30.8 Å². The van der Waals surface area contributed by atoms with Gasteiger partial charge in [-0.3, -0.25) is 0 Å². The molecule has 1 fully saturated rings. The van der Waals surface area contributed by atoms with Gasteiger partial charge in [-0.2, -0.15) is 0 Å². The number of rotatable bonds is 7. The van der Waals surface area contributed by atoms with E-state index < -0.39 is 0 Å². The van der Waals surface area contributed by atoms with Crippen molar-refractivity contribution < 1.29 is 14.2 Å². The van der Waals surface area contributed by atoms with Crippen LogP contribution in [0, 0.1) is 5.82 Å². The van der Waals surface area contributed by atoms with E-state index in [9.17, 15) is 9.50 Å². The second-order valence-corrected chi connectivity index (χ2v) is 6.08. The molecule has 0 saturated carbocycles. The maximum absolute atomic E-state index is 12.7. The normalized spacial score (nSPS) is 20.6. The quantitative estimate of drug-likeness (QED) is 0.775. The van der Waals surface area contributed by atoms with Gasteiger partial charge in [-0.15, -0.1) is 11.8 Å². The van der Waals surface area contributed by atoms with Gasteiger partial charge in [0.25, 0.3) is 0 Å².